The van der Waals surface area contributed by atoms with Crippen molar-refractivity contribution in [3.05, 3.63) is 24.3 Å². The number of aliphatic hydroxyl groups excluding tert-OH is 9. The van der Waals surface area contributed by atoms with Crippen molar-refractivity contribution in [2.75, 3.05) is 26.4 Å². The van der Waals surface area contributed by atoms with Gasteiger partial charge in [0.2, 0.25) is 0 Å². The molecule has 2 saturated heterocycles. The molecular formula is C93H171O25P. The molecule has 2 heterocycles. The topological polar surface area (TPSA) is 380 Å². The Hall–Kier alpha value is -3.05. The number of hydrogen-bond donors (Lipinski definition) is 10. The van der Waals surface area contributed by atoms with Gasteiger partial charge in [-0.05, 0) is 83.0 Å². The Morgan fingerprint density at radius 2 is 0.681 bits per heavy atom. The van der Waals surface area contributed by atoms with E-state index in [1.165, 1.54) is 167 Å². The van der Waals surface area contributed by atoms with Crippen molar-refractivity contribution in [1.29, 1.82) is 0 Å². The summed E-state index contributed by atoms with van der Waals surface area (Å²) in [5.74, 6) is -2.29. The van der Waals surface area contributed by atoms with Crippen LogP contribution in [0, 0.1) is 5.92 Å². The molecule has 25 nitrogen and oxygen atoms in total. The highest BCUT2D eigenvalue weighted by Gasteiger charge is 2.60. The number of allylic oxidation sites excluding steroid dienone is 4. The SMILES string of the molecule is CCCCCC/C=C\CCCCCCCCCC(=O)OCC1OC(OC2C(OC(=O)CCCCC/C=C\CCCCCCCC)C(O)C(O)C(OC3OC(CO)C(O)C(O)C3O)C2OP(=O)(O)OCC(COC(=O)CCCCCCCCC(C)CCCCCCCC)OC(=O)CCCCCCCCCCCCCCCCCC)C(O)C(O)C1O. The average Bonchev–Trinajstić information content (AvgIpc) is 0.754. The zero-order chi connectivity index (χ0) is 86.9. The van der Waals surface area contributed by atoms with Crippen LogP contribution in [-0.4, -0.2) is 205 Å². The molecule has 0 spiro atoms. The molecule has 1 saturated carbocycles. The molecule has 1 aliphatic carbocycles. The van der Waals surface area contributed by atoms with Crippen LogP contribution >= 0.6 is 7.82 Å². The maximum atomic E-state index is 14.9. The third-order valence-electron chi connectivity index (χ3n) is 23.6. The van der Waals surface area contributed by atoms with Gasteiger partial charge >= 0.3 is 31.7 Å². The Labute approximate surface area is 717 Å². The summed E-state index contributed by atoms with van der Waals surface area (Å²) >= 11 is 0. The van der Waals surface area contributed by atoms with Crippen LogP contribution < -0.4 is 0 Å². The van der Waals surface area contributed by atoms with E-state index in [2.05, 4.69) is 58.9 Å². The minimum atomic E-state index is -5.81. The van der Waals surface area contributed by atoms with Crippen molar-refractivity contribution in [1.82, 2.24) is 0 Å². The summed E-state index contributed by atoms with van der Waals surface area (Å²) in [6.45, 7) is 7.92. The van der Waals surface area contributed by atoms with Crippen molar-refractivity contribution in [2.45, 2.75) is 511 Å². The second-order valence-corrected chi connectivity index (χ2v) is 35.9. The van der Waals surface area contributed by atoms with Gasteiger partial charge in [0.25, 0.3) is 0 Å². The fourth-order valence-corrected chi connectivity index (χ4v) is 16.8. The number of esters is 4. The molecule has 0 radical (unpaired) electrons. The first kappa shape index (κ1) is 110. The molecule has 0 aromatic carbocycles. The highest BCUT2D eigenvalue weighted by molar-refractivity contribution is 7.47. The molecule has 0 bridgehead atoms. The lowest BCUT2D eigenvalue weighted by molar-refractivity contribution is -0.360. The van der Waals surface area contributed by atoms with Gasteiger partial charge < -0.3 is 88.7 Å². The van der Waals surface area contributed by atoms with E-state index in [1.807, 2.05) is 0 Å². The van der Waals surface area contributed by atoms with Crippen LogP contribution in [0.2, 0.25) is 0 Å². The first-order chi connectivity index (χ1) is 57.6. The van der Waals surface area contributed by atoms with Gasteiger partial charge in [0.15, 0.2) is 24.8 Å². The van der Waals surface area contributed by atoms with Crippen LogP contribution in [0.4, 0.5) is 0 Å². The van der Waals surface area contributed by atoms with E-state index in [1.54, 1.807) is 0 Å². The molecule has 119 heavy (non-hydrogen) atoms. The summed E-state index contributed by atoms with van der Waals surface area (Å²) in [5.41, 5.74) is 0. The molecule has 0 amide bonds. The van der Waals surface area contributed by atoms with E-state index < -0.39 is 162 Å². The first-order valence-corrected chi connectivity index (χ1v) is 49.5. The van der Waals surface area contributed by atoms with Crippen LogP contribution in [-0.2, 0) is 70.7 Å². The van der Waals surface area contributed by atoms with Gasteiger partial charge in [-0.15, -0.1) is 0 Å². The summed E-state index contributed by atoms with van der Waals surface area (Å²) < 4.78 is 73.5. The number of rotatable bonds is 77. The highest BCUT2D eigenvalue weighted by Crippen LogP contribution is 2.49. The number of unbranched alkanes of at least 4 members (excludes halogenated alkanes) is 45. The number of phosphoric ester groups is 1. The van der Waals surface area contributed by atoms with E-state index in [0.717, 1.165) is 141 Å². The Balaban J connectivity index is 1.92. The Bertz CT molecular complexity index is 2580. The van der Waals surface area contributed by atoms with Crippen molar-refractivity contribution in [3.63, 3.8) is 0 Å². The monoisotopic (exact) mass is 1720 g/mol. The second kappa shape index (κ2) is 71.0. The minimum absolute atomic E-state index is 0.00784. The van der Waals surface area contributed by atoms with Crippen LogP contribution in [0.1, 0.15) is 407 Å². The minimum Gasteiger partial charge on any atom is -0.463 e. The molecule has 3 fully saturated rings. The van der Waals surface area contributed by atoms with Gasteiger partial charge in [-0.25, -0.2) is 4.57 Å². The van der Waals surface area contributed by atoms with Gasteiger partial charge in [-0.1, -0.05) is 329 Å². The Kier molecular flexibility index (Phi) is 65.7. The number of carbonyl (C=O) groups is 4. The normalized spacial score (nSPS) is 25.2. The van der Waals surface area contributed by atoms with Crippen LogP contribution in [0.3, 0.4) is 0 Å². The van der Waals surface area contributed by atoms with Gasteiger partial charge in [0.05, 0.1) is 13.2 Å². The van der Waals surface area contributed by atoms with E-state index in [-0.39, 0.29) is 32.1 Å². The smallest absolute Gasteiger partial charge is 0.463 e. The average molecular weight is 1720 g/mol. The number of phosphoric acid groups is 1. The standard InChI is InChI=1S/C93H171O25P/c1-6-10-14-18-22-25-28-31-33-35-38-41-43-46-54-60-66-78(97)112-73(69-109-76(95)64-58-53-49-48-51-57-63-72(5)62-56-50-21-17-13-9-4)70-111-119(107,108)118-91-89(116-92-86(105)82(101)80(99)74(68-94)113-92)85(104)84(103)88(115-79(98)67-61-55-47-44-40-36-30-27-24-20-16-12-8-3)90(91)117-93-87(106)83(102)81(100)75(114-93)71-110-77(96)65-59-52-45-42-39-37-34-32-29-26-23-19-15-11-7-2/h26,29,36,40,72-75,80-94,99-106H,6-25,27-28,30-35,37-39,41-71H2,1-5H3,(H,107,108)/b29-26-,40-36-. The van der Waals surface area contributed by atoms with Crippen LogP contribution in [0.25, 0.3) is 0 Å². The summed E-state index contributed by atoms with van der Waals surface area (Å²) in [6, 6.07) is 0. The molecule has 3 aliphatic rings. The zero-order valence-corrected chi connectivity index (χ0v) is 75.5. The molecule has 2 aliphatic heterocycles. The third kappa shape index (κ3) is 51.4. The molecule has 0 aromatic heterocycles. The van der Waals surface area contributed by atoms with Gasteiger partial charge in [-0.3, -0.25) is 28.2 Å². The quantitative estimate of drug-likeness (QED) is 0.00889. The lowest BCUT2D eigenvalue weighted by atomic mass is 9.84. The van der Waals surface area contributed by atoms with E-state index in [9.17, 15) is 74.6 Å². The maximum Gasteiger partial charge on any atom is 0.472 e. The number of hydrogen-bond acceptors (Lipinski definition) is 24. The van der Waals surface area contributed by atoms with Crippen LogP contribution in [0.15, 0.2) is 24.3 Å². The summed E-state index contributed by atoms with van der Waals surface area (Å²) in [7, 11) is -5.81. The van der Waals surface area contributed by atoms with Crippen molar-refractivity contribution in [2.24, 2.45) is 5.92 Å². The molecule has 19 unspecified atom stereocenters. The van der Waals surface area contributed by atoms with Crippen molar-refractivity contribution >= 4 is 31.7 Å². The molecule has 698 valence electrons. The fraction of sp³-hybridized carbons (Fsp3) is 0.914. The molecule has 0 aromatic rings. The third-order valence-corrected chi connectivity index (χ3v) is 24.6. The summed E-state index contributed by atoms with van der Waals surface area (Å²) in [4.78, 5) is 66.6. The van der Waals surface area contributed by atoms with E-state index in [4.69, 9.17) is 46.9 Å². The van der Waals surface area contributed by atoms with Crippen LogP contribution in [0.5, 0.6) is 0 Å². The van der Waals surface area contributed by atoms with E-state index >= 15 is 0 Å². The lowest BCUT2D eigenvalue weighted by Gasteiger charge is -2.50. The van der Waals surface area contributed by atoms with E-state index in [0.29, 0.717) is 38.0 Å². The molecule has 10 N–H and O–H groups in total. The number of ether oxygens (including phenoxy) is 8. The Morgan fingerprint density at radius 3 is 1.10 bits per heavy atom. The molecule has 3 rings (SSSR count). The summed E-state index contributed by atoms with van der Waals surface area (Å²) in [6.07, 6.45) is 30.3. The van der Waals surface area contributed by atoms with Crippen molar-refractivity contribution in [3.8, 4) is 0 Å². The number of carbonyl (C=O) groups excluding carboxylic acids is 4. The van der Waals surface area contributed by atoms with Gasteiger partial charge in [0.1, 0.15) is 92.6 Å². The zero-order valence-electron chi connectivity index (χ0n) is 74.6. The largest absolute Gasteiger partial charge is 0.472 e. The molecule has 19 atom stereocenters. The second-order valence-electron chi connectivity index (χ2n) is 34.5. The Morgan fingerprint density at radius 1 is 0.353 bits per heavy atom. The van der Waals surface area contributed by atoms with Crippen molar-refractivity contribution < 1.29 is 122 Å². The first-order valence-electron chi connectivity index (χ1n) is 48.0. The molecule has 26 heteroatoms. The van der Waals surface area contributed by atoms with Gasteiger partial charge in [0, 0.05) is 25.7 Å². The lowest BCUT2D eigenvalue weighted by Crippen LogP contribution is -2.70. The summed E-state index contributed by atoms with van der Waals surface area (Å²) in [5, 5.41) is 102. The van der Waals surface area contributed by atoms with Gasteiger partial charge in [-0.2, -0.15) is 0 Å². The maximum absolute atomic E-state index is 14.9. The number of aliphatic hydroxyl groups is 9. The highest BCUT2D eigenvalue weighted by atomic mass is 31.2. The predicted molar refractivity (Wildman–Crippen MR) is 462 cm³/mol. The fourth-order valence-electron chi connectivity index (χ4n) is 15.8. The molecular weight excluding hydrogens is 1550 g/mol. The predicted octanol–water partition coefficient (Wildman–Crippen LogP) is 18.0.